The van der Waals surface area contributed by atoms with Gasteiger partial charge in [-0.1, -0.05) is 42.0 Å². The van der Waals surface area contributed by atoms with Crippen molar-refractivity contribution in [3.05, 3.63) is 63.4 Å². The molecule has 2 aromatic carbocycles. The van der Waals surface area contributed by atoms with E-state index in [0.717, 1.165) is 27.3 Å². The van der Waals surface area contributed by atoms with Gasteiger partial charge in [0, 0.05) is 21.7 Å². The smallest absolute Gasteiger partial charge is 0.200 e. The van der Waals surface area contributed by atoms with Gasteiger partial charge in [-0.05, 0) is 47.6 Å². The summed E-state index contributed by atoms with van der Waals surface area (Å²) in [5, 5.41) is 12.4. The van der Waals surface area contributed by atoms with Crippen LogP contribution in [-0.2, 0) is 13.0 Å². The quantitative estimate of drug-likeness (QED) is 0.668. The second-order valence-corrected chi connectivity index (χ2v) is 6.25. The Labute approximate surface area is 132 Å². The maximum absolute atomic E-state index is 10.4. The minimum absolute atomic E-state index is 0.372. The highest BCUT2D eigenvalue weighted by Gasteiger charge is 2.10. The zero-order chi connectivity index (χ0) is 14.1. The molecule has 0 fully saturated rings. The van der Waals surface area contributed by atoms with Crippen molar-refractivity contribution in [3.63, 3.8) is 0 Å². The molecule has 0 spiro atoms. The van der Waals surface area contributed by atoms with Gasteiger partial charge in [0.2, 0.25) is 0 Å². The topological polar surface area (TPSA) is 25.2 Å². The maximum Gasteiger partial charge on any atom is 0.200 e. The molecule has 20 heavy (non-hydrogen) atoms. The van der Waals surface area contributed by atoms with Crippen LogP contribution in [0.4, 0.5) is 0 Å². The Hall–Kier alpha value is -1.49. The first-order valence-electron chi connectivity index (χ1n) is 6.67. The van der Waals surface area contributed by atoms with Gasteiger partial charge in [-0.25, -0.2) is 0 Å². The van der Waals surface area contributed by atoms with Crippen LogP contribution in [0.15, 0.2) is 48.7 Å². The van der Waals surface area contributed by atoms with Crippen molar-refractivity contribution in [1.29, 1.82) is 0 Å². The number of fused-ring (bicyclic) bond motifs is 1. The van der Waals surface area contributed by atoms with Crippen molar-refractivity contribution < 1.29 is 5.11 Å². The van der Waals surface area contributed by atoms with E-state index in [0.29, 0.717) is 5.88 Å². The zero-order valence-electron chi connectivity index (χ0n) is 11.3. The van der Waals surface area contributed by atoms with Crippen LogP contribution in [0.1, 0.15) is 11.1 Å². The van der Waals surface area contributed by atoms with Crippen molar-refractivity contribution in [2.24, 2.45) is 0 Å². The summed E-state index contributed by atoms with van der Waals surface area (Å²) in [6, 6.07) is 14.6. The molecule has 2 nitrogen and oxygen atoms in total. The molecule has 0 atom stereocenters. The molecule has 1 aromatic heterocycles. The lowest BCUT2D eigenvalue weighted by atomic mass is 10.1. The number of aromatic hydroxyl groups is 1. The summed E-state index contributed by atoms with van der Waals surface area (Å²) < 4.78 is 3.03. The van der Waals surface area contributed by atoms with E-state index < -0.39 is 0 Å². The predicted octanol–water partition coefficient (Wildman–Crippen LogP) is 4.50. The third kappa shape index (κ3) is 2.54. The lowest BCUT2D eigenvalue weighted by Gasteiger charge is -2.05. The Morgan fingerprint density at radius 3 is 2.55 bits per heavy atom. The fourth-order valence-corrected chi connectivity index (χ4v) is 3.19. The number of benzene rings is 2. The first-order valence-corrected chi connectivity index (χ1v) is 7.75. The summed E-state index contributed by atoms with van der Waals surface area (Å²) >= 11 is 2.27. The first kappa shape index (κ1) is 13.5. The number of halogens is 1. The van der Waals surface area contributed by atoms with Gasteiger partial charge >= 0.3 is 0 Å². The standard InChI is InChI=1S/C17H16INO/c1-12-5-7-13(8-6-12)9-10-19-11-14-3-2-4-15(18)16(14)17(19)20/h2-8,11,20H,9-10H2,1H3. The van der Waals surface area contributed by atoms with Gasteiger partial charge in [-0.15, -0.1) is 0 Å². The van der Waals surface area contributed by atoms with Crippen molar-refractivity contribution >= 4 is 33.4 Å². The van der Waals surface area contributed by atoms with Crippen LogP contribution in [0.3, 0.4) is 0 Å². The number of hydrogen-bond donors (Lipinski definition) is 1. The Bertz CT molecular complexity index is 744. The minimum atomic E-state index is 0.372. The predicted molar refractivity (Wildman–Crippen MR) is 91.2 cm³/mol. The summed E-state index contributed by atoms with van der Waals surface area (Å²) in [7, 11) is 0. The minimum Gasteiger partial charge on any atom is -0.494 e. The van der Waals surface area contributed by atoms with Gasteiger partial charge in [0.1, 0.15) is 0 Å². The zero-order valence-corrected chi connectivity index (χ0v) is 13.5. The van der Waals surface area contributed by atoms with Gasteiger partial charge in [0.15, 0.2) is 5.88 Å². The van der Waals surface area contributed by atoms with E-state index in [9.17, 15) is 5.11 Å². The van der Waals surface area contributed by atoms with E-state index in [-0.39, 0.29) is 0 Å². The molecule has 0 aliphatic heterocycles. The second kappa shape index (κ2) is 5.48. The number of aromatic nitrogens is 1. The molecule has 3 aromatic rings. The molecule has 0 amide bonds. The van der Waals surface area contributed by atoms with Crippen LogP contribution in [0.25, 0.3) is 10.8 Å². The fourth-order valence-electron chi connectivity index (χ4n) is 2.43. The van der Waals surface area contributed by atoms with Crippen LogP contribution >= 0.6 is 22.6 Å². The van der Waals surface area contributed by atoms with E-state index in [1.807, 2.05) is 29.0 Å². The number of nitrogens with zero attached hydrogens (tertiary/aromatic N) is 1. The van der Waals surface area contributed by atoms with Crippen molar-refractivity contribution in [2.75, 3.05) is 0 Å². The SMILES string of the molecule is Cc1ccc(CCn2cc3cccc(I)c3c2O)cc1. The van der Waals surface area contributed by atoms with Gasteiger partial charge < -0.3 is 9.67 Å². The molecule has 0 unspecified atom stereocenters. The molecule has 0 saturated heterocycles. The molecule has 0 radical (unpaired) electrons. The number of aryl methyl sites for hydroxylation is 3. The van der Waals surface area contributed by atoms with E-state index in [1.54, 1.807) is 0 Å². The molecule has 102 valence electrons. The lowest BCUT2D eigenvalue weighted by molar-refractivity contribution is 0.422. The van der Waals surface area contributed by atoms with E-state index >= 15 is 0 Å². The van der Waals surface area contributed by atoms with Gasteiger partial charge in [-0.3, -0.25) is 0 Å². The summed E-state index contributed by atoms with van der Waals surface area (Å²) in [5.74, 6) is 0.372. The average Bonchev–Trinajstić information content (AvgIpc) is 2.76. The summed E-state index contributed by atoms with van der Waals surface area (Å²) in [5.41, 5.74) is 2.57. The third-order valence-corrected chi connectivity index (χ3v) is 4.50. The highest BCUT2D eigenvalue weighted by atomic mass is 127. The van der Waals surface area contributed by atoms with Crippen LogP contribution in [0.2, 0.25) is 0 Å². The Balaban J connectivity index is 1.86. The van der Waals surface area contributed by atoms with Crippen molar-refractivity contribution in [2.45, 2.75) is 19.9 Å². The summed E-state index contributed by atoms with van der Waals surface area (Å²) in [4.78, 5) is 0. The van der Waals surface area contributed by atoms with Gasteiger partial charge in [0.05, 0.1) is 5.39 Å². The van der Waals surface area contributed by atoms with Crippen molar-refractivity contribution in [1.82, 2.24) is 4.57 Å². The molecule has 0 aliphatic rings. The highest BCUT2D eigenvalue weighted by Crippen LogP contribution is 2.31. The average molecular weight is 377 g/mol. The monoisotopic (exact) mass is 377 g/mol. The molecule has 0 saturated carbocycles. The molecule has 0 aliphatic carbocycles. The molecule has 3 heteroatoms. The van der Waals surface area contributed by atoms with Gasteiger partial charge in [0.25, 0.3) is 0 Å². The second-order valence-electron chi connectivity index (χ2n) is 5.09. The lowest BCUT2D eigenvalue weighted by Crippen LogP contribution is -1.99. The van der Waals surface area contributed by atoms with Crippen LogP contribution in [-0.4, -0.2) is 9.67 Å². The highest BCUT2D eigenvalue weighted by molar-refractivity contribution is 14.1. The molecule has 1 heterocycles. The Kier molecular flexibility index (Phi) is 3.70. The van der Waals surface area contributed by atoms with Crippen LogP contribution < -0.4 is 0 Å². The van der Waals surface area contributed by atoms with Crippen molar-refractivity contribution in [3.8, 4) is 5.88 Å². The molecular formula is C17H16INO. The van der Waals surface area contributed by atoms with Gasteiger partial charge in [-0.2, -0.15) is 0 Å². The largest absolute Gasteiger partial charge is 0.494 e. The molecule has 0 bridgehead atoms. The fraction of sp³-hybridized carbons (Fsp3) is 0.176. The number of hydrogen-bond acceptors (Lipinski definition) is 1. The molecular weight excluding hydrogens is 361 g/mol. The van der Waals surface area contributed by atoms with Crippen LogP contribution in [0, 0.1) is 10.5 Å². The summed E-state index contributed by atoms with van der Waals surface area (Å²) in [6.45, 7) is 2.88. The van der Waals surface area contributed by atoms with E-state index in [4.69, 9.17) is 0 Å². The normalized spacial score (nSPS) is 11.1. The van der Waals surface area contributed by atoms with Crippen LogP contribution in [0.5, 0.6) is 5.88 Å². The summed E-state index contributed by atoms with van der Waals surface area (Å²) in [6.07, 6.45) is 2.95. The van der Waals surface area contributed by atoms with E-state index in [2.05, 4.69) is 53.8 Å². The Morgan fingerprint density at radius 1 is 1.10 bits per heavy atom. The molecule has 3 rings (SSSR count). The number of rotatable bonds is 3. The maximum atomic E-state index is 10.4. The van der Waals surface area contributed by atoms with E-state index in [1.165, 1.54) is 11.1 Å². The Morgan fingerprint density at radius 2 is 1.85 bits per heavy atom. The molecule has 1 N–H and O–H groups in total. The first-order chi connectivity index (χ1) is 9.65. The third-order valence-electron chi connectivity index (χ3n) is 3.60.